The Kier molecular flexibility index (Phi) is 3.93. The molecule has 1 N–H and O–H groups in total. The molecular weight excluding hydrogens is 318 g/mol. The molecule has 1 aliphatic rings. The van der Waals surface area contributed by atoms with E-state index in [1.165, 1.54) is 0 Å². The predicted molar refractivity (Wildman–Crippen MR) is 93.5 cm³/mol. The van der Waals surface area contributed by atoms with Crippen molar-refractivity contribution in [2.24, 2.45) is 0 Å². The monoisotopic (exact) mass is 337 g/mol. The molecule has 0 spiro atoms. The van der Waals surface area contributed by atoms with Gasteiger partial charge in [0.25, 0.3) is 5.56 Å². The highest BCUT2D eigenvalue weighted by Gasteiger charge is 2.26. The maximum absolute atomic E-state index is 12.3. The first-order valence-corrected chi connectivity index (χ1v) is 8.27. The number of hydrogen-bond acceptors (Lipinski definition) is 6. The number of nitrogens with zero attached hydrogens (tertiary/aromatic N) is 4. The third-order valence-corrected chi connectivity index (χ3v) is 4.76. The number of fused-ring (bicyclic) bond motifs is 2. The van der Waals surface area contributed by atoms with Crippen LogP contribution >= 0.6 is 0 Å². The van der Waals surface area contributed by atoms with Crippen molar-refractivity contribution < 1.29 is 4.74 Å². The first kappa shape index (κ1) is 15.7. The van der Waals surface area contributed by atoms with Crippen LogP contribution in [0.25, 0.3) is 10.9 Å². The Morgan fingerprint density at radius 1 is 1.28 bits per heavy atom. The molecule has 0 aliphatic carbocycles. The second kappa shape index (κ2) is 6.25. The SMILES string of the molecule is COc1ncnc2c1CN([C@@H](C)c1nc3ccccc3c(=O)[nH]1)CC2. The molecule has 7 nitrogen and oxygen atoms in total. The molecule has 1 aromatic carbocycles. The van der Waals surface area contributed by atoms with E-state index in [0.29, 0.717) is 29.2 Å². The lowest BCUT2D eigenvalue weighted by molar-refractivity contribution is 0.179. The fraction of sp³-hybridized carbons (Fsp3) is 0.333. The maximum Gasteiger partial charge on any atom is 0.258 e. The fourth-order valence-corrected chi connectivity index (χ4v) is 3.32. The van der Waals surface area contributed by atoms with Crippen molar-refractivity contribution in [1.29, 1.82) is 0 Å². The summed E-state index contributed by atoms with van der Waals surface area (Å²) < 4.78 is 5.37. The van der Waals surface area contributed by atoms with E-state index < -0.39 is 0 Å². The van der Waals surface area contributed by atoms with Gasteiger partial charge < -0.3 is 9.72 Å². The van der Waals surface area contributed by atoms with Crippen LogP contribution in [0.1, 0.15) is 30.0 Å². The summed E-state index contributed by atoms with van der Waals surface area (Å²) in [5.74, 6) is 1.28. The average molecular weight is 337 g/mol. The summed E-state index contributed by atoms with van der Waals surface area (Å²) in [6.45, 7) is 3.55. The van der Waals surface area contributed by atoms with E-state index in [2.05, 4.69) is 24.8 Å². The summed E-state index contributed by atoms with van der Waals surface area (Å²) in [6.07, 6.45) is 2.36. The number of nitrogens with one attached hydrogen (secondary N) is 1. The second-order valence-electron chi connectivity index (χ2n) is 6.17. The van der Waals surface area contributed by atoms with Gasteiger partial charge in [0.15, 0.2) is 0 Å². The van der Waals surface area contributed by atoms with Crippen LogP contribution in [0, 0.1) is 0 Å². The number of ether oxygens (including phenoxy) is 1. The van der Waals surface area contributed by atoms with Gasteiger partial charge >= 0.3 is 0 Å². The molecule has 1 aliphatic heterocycles. The van der Waals surface area contributed by atoms with Crippen LogP contribution in [-0.4, -0.2) is 38.5 Å². The van der Waals surface area contributed by atoms with Gasteiger partial charge in [0.05, 0.1) is 29.7 Å². The van der Waals surface area contributed by atoms with Gasteiger partial charge in [-0.1, -0.05) is 12.1 Å². The molecule has 0 unspecified atom stereocenters. The third-order valence-electron chi connectivity index (χ3n) is 4.76. The van der Waals surface area contributed by atoms with Gasteiger partial charge in [0, 0.05) is 25.1 Å². The number of para-hydroxylation sites is 1. The van der Waals surface area contributed by atoms with Crippen LogP contribution in [0.2, 0.25) is 0 Å². The Morgan fingerprint density at radius 3 is 2.96 bits per heavy atom. The smallest absolute Gasteiger partial charge is 0.258 e. The summed E-state index contributed by atoms with van der Waals surface area (Å²) in [4.78, 5) is 30.7. The number of H-pyrrole nitrogens is 1. The van der Waals surface area contributed by atoms with Crippen LogP contribution in [0.5, 0.6) is 5.88 Å². The van der Waals surface area contributed by atoms with Gasteiger partial charge in [-0.2, -0.15) is 0 Å². The largest absolute Gasteiger partial charge is 0.481 e. The standard InChI is InChI=1S/C18H19N5O2/c1-11(16-21-15-6-4-3-5-12(15)17(24)22-16)23-8-7-14-13(9-23)18(25-2)20-10-19-14/h3-6,10-11H,7-9H2,1-2H3,(H,21,22,24)/t11-/m0/s1. The molecule has 25 heavy (non-hydrogen) atoms. The Balaban J connectivity index is 1.68. The summed E-state index contributed by atoms with van der Waals surface area (Å²) in [7, 11) is 1.62. The number of benzene rings is 1. The third kappa shape index (κ3) is 2.76. The molecule has 1 atom stereocenters. The summed E-state index contributed by atoms with van der Waals surface area (Å²) in [5, 5.41) is 0.609. The number of aromatic nitrogens is 4. The van der Waals surface area contributed by atoms with Gasteiger partial charge in [-0.3, -0.25) is 9.69 Å². The fourth-order valence-electron chi connectivity index (χ4n) is 3.32. The number of hydrogen-bond donors (Lipinski definition) is 1. The number of methoxy groups -OCH3 is 1. The number of aromatic amines is 1. The minimum Gasteiger partial charge on any atom is -0.481 e. The molecule has 0 bridgehead atoms. The first-order chi connectivity index (χ1) is 12.2. The van der Waals surface area contributed by atoms with Crippen molar-refractivity contribution >= 4 is 10.9 Å². The molecule has 0 radical (unpaired) electrons. The Hall–Kier alpha value is -2.80. The quantitative estimate of drug-likeness (QED) is 0.785. The van der Waals surface area contributed by atoms with Crippen LogP contribution in [0.3, 0.4) is 0 Å². The topological polar surface area (TPSA) is 84.0 Å². The normalized spacial score (nSPS) is 15.8. The molecule has 0 saturated carbocycles. The van der Waals surface area contributed by atoms with Crippen LogP contribution < -0.4 is 10.3 Å². The predicted octanol–water partition coefficient (Wildman–Crippen LogP) is 1.84. The molecule has 3 aromatic rings. The van der Waals surface area contributed by atoms with E-state index in [1.54, 1.807) is 19.5 Å². The number of rotatable bonds is 3. The van der Waals surface area contributed by atoms with Crippen molar-refractivity contribution in [2.45, 2.75) is 25.9 Å². The van der Waals surface area contributed by atoms with Gasteiger partial charge in [0.2, 0.25) is 5.88 Å². The van der Waals surface area contributed by atoms with Gasteiger partial charge in [-0.05, 0) is 19.1 Å². The summed E-state index contributed by atoms with van der Waals surface area (Å²) >= 11 is 0. The van der Waals surface area contributed by atoms with Crippen molar-refractivity contribution in [1.82, 2.24) is 24.8 Å². The lowest BCUT2D eigenvalue weighted by Crippen LogP contribution is -2.35. The summed E-state index contributed by atoms with van der Waals surface area (Å²) in [6, 6.07) is 7.35. The molecule has 0 saturated heterocycles. The zero-order chi connectivity index (χ0) is 17.4. The lowest BCUT2D eigenvalue weighted by Gasteiger charge is -2.32. The van der Waals surface area contributed by atoms with Crippen LogP contribution in [0.4, 0.5) is 0 Å². The summed E-state index contributed by atoms with van der Waals surface area (Å²) in [5.41, 5.74) is 2.64. The van der Waals surface area contributed by atoms with E-state index in [1.807, 2.05) is 25.1 Å². The molecule has 2 aromatic heterocycles. The van der Waals surface area contributed by atoms with E-state index in [9.17, 15) is 4.79 Å². The molecule has 0 amide bonds. The van der Waals surface area contributed by atoms with E-state index in [-0.39, 0.29) is 11.6 Å². The van der Waals surface area contributed by atoms with Crippen LogP contribution in [0.15, 0.2) is 35.4 Å². The highest BCUT2D eigenvalue weighted by molar-refractivity contribution is 5.77. The van der Waals surface area contributed by atoms with E-state index >= 15 is 0 Å². The molecule has 3 heterocycles. The molecule has 4 rings (SSSR count). The van der Waals surface area contributed by atoms with E-state index in [4.69, 9.17) is 4.74 Å². The molecule has 7 heteroatoms. The highest BCUT2D eigenvalue weighted by Crippen LogP contribution is 2.29. The van der Waals surface area contributed by atoms with Crippen molar-refractivity contribution in [2.75, 3.05) is 13.7 Å². The molecule has 128 valence electrons. The zero-order valence-corrected chi connectivity index (χ0v) is 14.2. The first-order valence-electron chi connectivity index (χ1n) is 8.27. The Labute approximate surface area is 144 Å². The highest BCUT2D eigenvalue weighted by atomic mass is 16.5. The zero-order valence-electron chi connectivity index (χ0n) is 14.2. The maximum atomic E-state index is 12.3. The van der Waals surface area contributed by atoms with Gasteiger partial charge in [-0.15, -0.1) is 0 Å². The minimum atomic E-state index is -0.106. The molecular formula is C18H19N5O2. The van der Waals surface area contributed by atoms with Gasteiger partial charge in [0.1, 0.15) is 12.2 Å². The molecule has 0 fully saturated rings. The van der Waals surface area contributed by atoms with E-state index in [0.717, 1.165) is 24.2 Å². The van der Waals surface area contributed by atoms with Crippen molar-refractivity contribution in [3.05, 3.63) is 58.0 Å². The Bertz CT molecular complexity index is 970. The second-order valence-corrected chi connectivity index (χ2v) is 6.17. The van der Waals surface area contributed by atoms with Crippen molar-refractivity contribution in [3.8, 4) is 5.88 Å². The van der Waals surface area contributed by atoms with Crippen molar-refractivity contribution in [3.63, 3.8) is 0 Å². The Morgan fingerprint density at radius 2 is 2.12 bits per heavy atom. The minimum absolute atomic E-state index is 0.0321. The van der Waals surface area contributed by atoms with Crippen LogP contribution in [-0.2, 0) is 13.0 Å². The van der Waals surface area contributed by atoms with Gasteiger partial charge in [-0.25, -0.2) is 15.0 Å². The average Bonchev–Trinajstić information content (AvgIpc) is 2.66. The lowest BCUT2D eigenvalue weighted by atomic mass is 10.0.